The van der Waals surface area contributed by atoms with E-state index in [1.54, 1.807) is 18.2 Å². The van der Waals surface area contributed by atoms with E-state index in [1.807, 2.05) is 43.6 Å². The van der Waals surface area contributed by atoms with E-state index in [-0.39, 0.29) is 37.4 Å². The first-order chi connectivity index (χ1) is 33.3. The molecule has 68 heavy (non-hydrogen) atoms. The van der Waals surface area contributed by atoms with Gasteiger partial charge in [-0.1, -0.05) is 164 Å². The van der Waals surface area contributed by atoms with E-state index in [0.29, 0.717) is 5.56 Å². The smallest absolute Gasteiger partial charge is 0.120 e. The number of para-hydroxylation sites is 1. The molecule has 0 bridgehead atoms. The Labute approximate surface area is 421 Å². The van der Waals surface area contributed by atoms with E-state index in [2.05, 4.69) is 180 Å². The molecule has 7 heteroatoms. The Hall–Kier alpha value is -6.24. The molecule has 4 heterocycles. The second kappa shape index (κ2) is 19.4. The van der Waals surface area contributed by atoms with Gasteiger partial charge in [-0.25, -0.2) is 0 Å². The molecule has 0 saturated heterocycles. The van der Waals surface area contributed by atoms with Crippen LogP contribution in [0, 0.1) is 25.9 Å². The summed E-state index contributed by atoms with van der Waals surface area (Å²) < 4.78 is 31.5. The van der Waals surface area contributed by atoms with Crippen LogP contribution in [0.3, 0.4) is 0 Å². The number of rotatable bonds is 9. The molecular weight excluding hydrogens is 1030 g/mol. The zero-order valence-corrected chi connectivity index (χ0v) is 44.0. The first-order valence-corrected chi connectivity index (χ1v) is 26.8. The third-order valence-electron chi connectivity index (χ3n) is 13.0. The summed E-state index contributed by atoms with van der Waals surface area (Å²) in [6.07, 6.45) is 3.90. The summed E-state index contributed by atoms with van der Waals surface area (Å²) in [5, 5.41) is 3.50. The van der Waals surface area contributed by atoms with Crippen LogP contribution >= 0.6 is 0 Å². The summed E-state index contributed by atoms with van der Waals surface area (Å²) in [6, 6.07) is 54.1. The number of nitrogens with zero attached hydrogens (tertiary/aromatic N) is 4. The van der Waals surface area contributed by atoms with Gasteiger partial charge in [0.15, 0.2) is 0 Å². The Morgan fingerprint density at radius 2 is 1.40 bits per heavy atom. The van der Waals surface area contributed by atoms with E-state index < -0.39 is 14.9 Å². The summed E-state index contributed by atoms with van der Waals surface area (Å²) in [7, 11) is -1.63. The molecule has 10 rings (SSSR count). The standard InChI is InChI=1S/C37H32N3O.C24H28NSi.Ir/c1-22(2)30-19-26(25-12-7-6-8-13-25)20-31(23(3)4)35(30)40-33-18-24(5)38-21-32(33)39-37(40)29-16-11-15-28-27-14-9-10-17-34(27)41-36(28)29;1-18-12-14-19(15-13-18)22-16-21(23(17-25-22)26(4,5)6)24(2,3)20-10-8-7-9-11-20;/h6-15,17-23H,1-5H3;7-14,16-17H,1-6H3;/q2*-1;/i;1D3;. The van der Waals surface area contributed by atoms with Crippen molar-refractivity contribution in [2.24, 2.45) is 0 Å². The van der Waals surface area contributed by atoms with Gasteiger partial charge in [-0.15, -0.1) is 53.6 Å². The van der Waals surface area contributed by atoms with Gasteiger partial charge >= 0.3 is 0 Å². The van der Waals surface area contributed by atoms with Crippen molar-refractivity contribution in [1.29, 1.82) is 0 Å². The SMILES string of the molecule is Cc1cc2c(cn1)nc(-c1[c-]ccc3c1oc1ccccc13)n2-c1c(C(C)C)cc(-c2ccccc2)cc1C(C)C.[2H]C([2H])([2H])c1c[c-]c(-c2cc(C(C)(C)c3ccccc3)c([Si](C)(C)C)cn2)cc1.[Ir]. The molecule has 345 valence electrons. The molecular formula is C61H60IrN4OSi-2. The number of furan rings is 1. The number of pyridine rings is 2. The minimum atomic E-state index is -2.12. The molecule has 5 nitrogen and oxygen atoms in total. The van der Waals surface area contributed by atoms with Crippen LogP contribution in [0.15, 0.2) is 156 Å². The average molecular weight is 1090 g/mol. The number of aryl methyl sites for hydroxylation is 2. The number of benzene rings is 6. The number of fused-ring (bicyclic) bond motifs is 4. The minimum absolute atomic E-state index is 0. The van der Waals surface area contributed by atoms with E-state index in [9.17, 15) is 0 Å². The topological polar surface area (TPSA) is 56.7 Å². The minimum Gasteiger partial charge on any atom is -0.501 e. The van der Waals surface area contributed by atoms with Crippen molar-refractivity contribution in [1.82, 2.24) is 19.5 Å². The molecule has 0 spiro atoms. The Balaban J connectivity index is 0.000000200. The third-order valence-corrected chi connectivity index (χ3v) is 15.0. The van der Waals surface area contributed by atoms with E-state index in [0.717, 1.165) is 61.3 Å². The molecule has 0 aliphatic rings. The van der Waals surface area contributed by atoms with Crippen LogP contribution in [0.2, 0.25) is 19.6 Å². The van der Waals surface area contributed by atoms with Crippen molar-refractivity contribution >= 4 is 46.2 Å². The molecule has 0 fully saturated rings. The van der Waals surface area contributed by atoms with Gasteiger partial charge in [0.1, 0.15) is 5.58 Å². The summed E-state index contributed by atoms with van der Waals surface area (Å²) in [5.74, 6) is 1.38. The molecule has 4 aromatic heterocycles. The van der Waals surface area contributed by atoms with Crippen molar-refractivity contribution in [2.45, 2.75) is 92.2 Å². The second-order valence-corrected chi connectivity index (χ2v) is 24.8. The number of hydrogen-bond acceptors (Lipinski definition) is 4. The Kier molecular flexibility index (Phi) is 12.6. The Morgan fingerprint density at radius 3 is 2.04 bits per heavy atom. The monoisotopic (exact) mass is 1090 g/mol. The Bertz CT molecular complexity index is 3470. The van der Waals surface area contributed by atoms with Gasteiger partial charge in [-0.3, -0.25) is 9.97 Å². The largest absolute Gasteiger partial charge is 0.501 e. The first kappa shape index (κ1) is 44.3. The fraction of sp³-hybridized carbons (Fsp3) is 0.230. The second-order valence-electron chi connectivity index (χ2n) is 19.8. The zero-order chi connectivity index (χ0) is 49.7. The quantitative estimate of drug-likeness (QED) is 0.107. The fourth-order valence-electron chi connectivity index (χ4n) is 9.26. The van der Waals surface area contributed by atoms with Crippen LogP contribution in [0.25, 0.3) is 72.4 Å². The first-order valence-electron chi connectivity index (χ1n) is 24.8. The maximum atomic E-state index is 7.56. The van der Waals surface area contributed by atoms with Crippen LogP contribution in [0.5, 0.6) is 0 Å². The van der Waals surface area contributed by atoms with Gasteiger partial charge in [0.05, 0.1) is 36.7 Å². The molecule has 6 aromatic carbocycles. The van der Waals surface area contributed by atoms with Crippen molar-refractivity contribution in [3.63, 3.8) is 0 Å². The van der Waals surface area contributed by atoms with Gasteiger partial charge in [0, 0.05) is 52.6 Å². The summed E-state index contributed by atoms with van der Waals surface area (Å²) in [6.45, 7) is 20.5. The van der Waals surface area contributed by atoms with Crippen molar-refractivity contribution in [2.75, 3.05) is 0 Å². The number of hydrogen-bond donors (Lipinski definition) is 0. The molecule has 0 aliphatic carbocycles. The molecule has 0 saturated carbocycles. The van der Waals surface area contributed by atoms with Crippen LogP contribution in [0.1, 0.15) is 91.0 Å². The molecule has 0 atom stereocenters. The molecule has 10 aromatic rings. The van der Waals surface area contributed by atoms with E-state index in [4.69, 9.17) is 18.5 Å². The van der Waals surface area contributed by atoms with Crippen molar-refractivity contribution in [3.8, 4) is 39.5 Å². The van der Waals surface area contributed by atoms with Gasteiger partial charge in [-0.05, 0) is 87.3 Å². The van der Waals surface area contributed by atoms with Gasteiger partial charge < -0.3 is 14.0 Å². The van der Waals surface area contributed by atoms with Gasteiger partial charge in [-0.2, -0.15) is 0 Å². The molecule has 1 radical (unpaired) electrons. The summed E-state index contributed by atoms with van der Waals surface area (Å²) in [4.78, 5) is 14.6. The predicted molar refractivity (Wildman–Crippen MR) is 284 cm³/mol. The molecule has 0 aliphatic heterocycles. The number of aromatic nitrogens is 4. The maximum Gasteiger partial charge on any atom is 0.120 e. The van der Waals surface area contributed by atoms with Crippen LogP contribution < -0.4 is 5.19 Å². The molecule has 0 amide bonds. The summed E-state index contributed by atoms with van der Waals surface area (Å²) >= 11 is 0. The zero-order valence-electron chi connectivity index (χ0n) is 43.6. The normalized spacial score (nSPS) is 12.7. The molecule has 0 unspecified atom stereocenters. The predicted octanol–water partition coefficient (Wildman–Crippen LogP) is 15.7. The Morgan fingerprint density at radius 1 is 0.721 bits per heavy atom. The van der Waals surface area contributed by atoms with Gasteiger partial charge in [0.2, 0.25) is 0 Å². The van der Waals surface area contributed by atoms with Crippen LogP contribution in [-0.2, 0) is 25.5 Å². The maximum absolute atomic E-state index is 7.56. The van der Waals surface area contributed by atoms with Crippen molar-refractivity contribution < 1.29 is 28.6 Å². The van der Waals surface area contributed by atoms with Gasteiger partial charge in [0.25, 0.3) is 0 Å². The number of imidazole rings is 1. The van der Waals surface area contributed by atoms with E-state index in [1.165, 1.54) is 44.3 Å². The summed E-state index contributed by atoms with van der Waals surface area (Å²) in [5.41, 5.74) is 15.8. The average Bonchev–Trinajstić information content (AvgIpc) is 3.92. The third kappa shape index (κ3) is 9.32. The van der Waals surface area contributed by atoms with Crippen LogP contribution in [0.4, 0.5) is 0 Å². The van der Waals surface area contributed by atoms with E-state index >= 15 is 0 Å². The van der Waals surface area contributed by atoms with Crippen molar-refractivity contribution in [3.05, 3.63) is 198 Å². The fourth-order valence-corrected chi connectivity index (χ4v) is 10.9. The molecule has 0 N–H and O–H groups in total. The van der Waals surface area contributed by atoms with Crippen LogP contribution in [-0.4, -0.2) is 27.6 Å².